The minimum absolute atomic E-state index is 0.0766. The van der Waals surface area contributed by atoms with Gasteiger partial charge in [-0.25, -0.2) is 4.98 Å². The third kappa shape index (κ3) is 3.71. The van der Waals surface area contributed by atoms with Crippen molar-refractivity contribution < 1.29 is 18.0 Å². The fourth-order valence-electron chi connectivity index (χ4n) is 3.09. The topological polar surface area (TPSA) is 68.9 Å². The number of alkyl halides is 3. The number of anilines is 1. The van der Waals surface area contributed by atoms with Gasteiger partial charge in [0.25, 0.3) is 0 Å². The summed E-state index contributed by atoms with van der Waals surface area (Å²) in [6.07, 6.45) is -1.61. The molecule has 0 spiro atoms. The number of nitrogen functional groups attached to an aromatic ring is 1. The highest BCUT2D eigenvalue weighted by Crippen LogP contribution is 2.36. The Balaban J connectivity index is 1.70. The van der Waals surface area contributed by atoms with Crippen molar-refractivity contribution in [3.63, 3.8) is 0 Å². The molecule has 29 heavy (non-hydrogen) atoms. The molecule has 0 atom stereocenters. The van der Waals surface area contributed by atoms with Crippen LogP contribution in [0.1, 0.15) is 20.8 Å². The van der Waals surface area contributed by atoms with E-state index in [-0.39, 0.29) is 22.5 Å². The van der Waals surface area contributed by atoms with E-state index in [1.807, 2.05) is 12.1 Å². The van der Waals surface area contributed by atoms with Crippen molar-refractivity contribution in [2.24, 2.45) is 0 Å². The van der Waals surface area contributed by atoms with Gasteiger partial charge < -0.3 is 5.73 Å². The van der Waals surface area contributed by atoms with Crippen LogP contribution < -0.4 is 5.73 Å². The molecule has 0 aliphatic heterocycles. The molecule has 3 aromatic heterocycles. The van der Waals surface area contributed by atoms with E-state index >= 15 is 0 Å². The van der Waals surface area contributed by atoms with Gasteiger partial charge in [-0.3, -0.25) is 9.78 Å². The number of carbonyl (C=O) groups excluding carboxylic acids is 1. The van der Waals surface area contributed by atoms with Crippen molar-refractivity contribution in [3.8, 4) is 11.3 Å². The lowest BCUT2D eigenvalue weighted by molar-refractivity contribution is -0.138. The Bertz CT molecular complexity index is 1200. The van der Waals surface area contributed by atoms with E-state index in [0.717, 1.165) is 23.0 Å². The van der Waals surface area contributed by atoms with E-state index in [0.29, 0.717) is 15.9 Å². The highest BCUT2D eigenvalue weighted by molar-refractivity contribution is 7.21. The van der Waals surface area contributed by atoms with Crippen LogP contribution >= 0.6 is 11.3 Å². The maximum Gasteiger partial charge on any atom is 0.416 e. The summed E-state index contributed by atoms with van der Waals surface area (Å²) in [4.78, 5) is 22.1. The molecule has 2 N–H and O–H groups in total. The van der Waals surface area contributed by atoms with E-state index in [1.165, 1.54) is 18.2 Å². The second-order valence-corrected chi connectivity index (χ2v) is 7.38. The molecule has 4 nitrogen and oxygen atoms in total. The van der Waals surface area contributed by atoms with Gasteiger partial charge in [-0.05, 0) is 35.9 Å². The number of pyridine rings is 2. The van der Waals surface area contributed by atoms with Crippen LogP contribution in [0.25, 0.3) is 21.5 Å². The van der Waals surface area contributed by atoms with Crippen LogP contribution in [-0.4, -0.2) is 15.8 Å². The molecular weight excluding hydrogens is 399 g/mol. The molecule has 4 aromatic rings. The van der Waals surface area contributed by atoms with E-state index in [2.05, 4.69) is 9.97 Å². The summed E-state index contributed by atoms with van der Waals surface area (Å²) in [5, 5.41) is 0.611. The predicted molar refractivity (Wildman–Crippen MR) is 107 cm³/mol. The maximum atomic E-state index is 13.2. The average molecular weight is 413 g/mol. The zero-order valence-corrected chi connectivity index (χ0v) is 15.7. The molecule has 0 aliphatic rings. The number of hydrogen-bond acceptors (Lipinski definition) is 5. The number of ketones is 1. The Morgan fingerprint density at radius 1 is 1.03 bits per heavy atom. The number of nitrogens with two attached hydrogens (primary N) is 1. The number of rotatable bonds is 4. The first kappa shape index (κ1) is 19.1. The van der Waals surface area contributed by atoms with Crippen molar-refractivity contribution in [2.45, 2.75) is 12.6 Å². The van der Waals surface area contributed by atoms with Gasteiger partial charge in [0, 0.05) is 29.8 Å². The molecule has 1 aromatic carbocycles. The molecule has 0 saturated heterocycles. The smallest absolute Gasteiger partial charge is 0.397 e. The summed E-state index contributed by atoms with van der Waals surface area (Å²) >= 11 is 1.09. The van der Waals surface area contributed by atoms with Crippen molar-refractivity contribution in [1.82, 2.24) is 9.97 Å². The van der Waals surface area contributed by atoms with Crippen LogP contribution in [0.5, 0.6) is 0 Å². The molecule has 0 amide bonds. The maximum absolute atomic E-state index is 13.2. The van der Waals surface area contributed by atoms with Gasteiger partial charge in [-0.15, -0.1) is 11.3 Å². The fourth-order valence-corrected chi connectivity index (χ4v) is 4.12. The van der Waals surface area contributed by atoms with Crippen LogP contribution in [0, 0.1) is 0 Å². The molecule has 3 heterocycles. The Kier molecular flexibility index (Phi) is 4.79. The molecule has 0 fully saturated rings. The molecule has 0 radical (unpaired) electrons. The van der Waals surface area contributed by atoms with E-state index < -0.39 is 17.5 Å². The highest BCUT2D eigenvalue weighted by Gasteiger charge is 2.33. The van der Waals surface area contributed by atoms with Gasteiger partial charge >= 0.3 is 6.18 Å². The fraction of sp³-hybridized carbons (Fsp3) is 0.0952. The van der Waals surface area contributed by atoms with Crippen molar-refractivity contribution in [3.05, 3.63) is 76.9 Å². The Hall–Kier alpha value is -3.26. The van der Waals surface area contributed by atoms with Gasteiger partial charge in [0.1, 0.15) is 4.83 Å². The Morgan fingerprint density at radius 2 is 1.76 bits per heavy atom. The number of carbonyl (C=O) groups is 1. The number of benzene rings is 1. The van der Waals surface area contributed by atoms with E-state index in [4.69, 9.17) is 5.73 Å². The van der Waals surface area contributed by atoms with Gasteiger partial charge in [0.05, 0.1) is 21.8 Å². The second-order valence-electron chi connectivity index (χ2n) is 6.38. The number of Topliss-reactive ketones (excluding diaryl/α,β-unsaturated/α-hetero) is 1. The van der Waals surface area contributed by atoms with Crippen molar-refractivity contribution >= 4 is 33.0 Å². The number of nitrogens with zero attached hydrogens (tertiary/aromatic N) is 2. The quantitative estimate of drug-likeness (QED) is 0.456. The van der Waals surface area contributed by atoms with Gasteiger partial charge in [0.15, 0.2) is 5.78 Å². The molecule has 4 rings (SSSR count). The van der Waals surface area contributed by atoms with E-state index in [1.54, 1.807) is 24.5 Å². The summed E-state index contributed by atoms with van der Waals surface area (Å²) < 4.78 is 39.6. The Labute approximate surface area is 167 Å². The van der Waals surface area contributed by atoms with Crippen LogP contribution in [0.4, 0.5) is 18.9 Å². The number of aromatic nitrogens is 2. The van der Waals surface area contributed by atoms with Crippen LogP contribution in [-0.2, 0) is 12.6 Å². The van der Waals surface area contributed by atoms with Gasteiger partial charge in [-0.2, -0.15) is 13.2 Å². The summed E-state index contributed by atoms with van der Waals surface area (Å²) in [7, 11) is 0. The van der Waals surface area contributed by atoms with Crippen LogP contribution in [0.15, 0.2) is 60.9 Å². The average Bonchev–Trinajstić information content (AvgIpc) is 3.04. The summed E-state index contributed by atoms with van der Waals surface area (Å²) in [6, 6.07) is 12.2. The summed E-state index contributed by atoms with van der Waals surface area (Å²) in [5.41, 5.74) is 7.04. The first-order chi connectivity index (χ1) is 13.8. The lowest BCUT2D eigenvalue weighted by Crippen LogP contribution is -2.12. The van der Waals surface area contributed by atoms with Crippen LogP contribution in [0.3, 0.4) is 0 Å². The first-order valence-electron chi connectivity index (χ1n) is 8.62. The van der Waals surface area contributed by atoms with Crippen molar-refractivity contribution in [2.75, 3.05) is 5.73 Å². The number of halogens is 3. The second kappa shape index (κ2) is 7.29. The molecular formula is C21H14F3N3OS. The van der Waals surface area contributed by atoms with Crippen LogP contribution in [0.2, 0.25) is 0 Å². The normalized spacial score (nSPS) is 11.7. The first-order valence-corrected chi connectivity index (χ1v) is 9.44. The predicted octanol–water partition coefficient (Wildman–Crippen LogP) is 5.38. The highest BCUT2D eigenvalue weighted by atomic mass is 32.1. The van der Waals surface area contributed by atoms with Crippen molar-refractivity contribution in [1.29, 1.82) is 0 Å². The zero-order chi connectivity index (χ0) is 20.6. The standard InChI is InChI=1S/C21H14F3N3OS/c22-21(23,24)15-4-2-1-3-13(15)11-17(28)19-18(25)14-5-6-16(27-20(14)29-19)12-7-9-26-10-8-12/h1-10H,11,25H2. The molecule has 0 aliphatic carbocycles. The number of fused-ring (bicyclic) bond motifs is 1. The third-order valence-electron chi connectivity index (χ3n) is 4.50. The van der Waals surface area contributed by atoms with Gasteiger partial charge in [0.2, 0.25) is 0 Å². The Morgan fingerprint density at radius 3 is 2.48 bits per heavy atom. The van der Waals surface area contributed by atoms with E-state index in [9.17, 15) is 18.0 Å². The zero-order valence-electron chi connectivity index (χ0n) is 14.9. The summed E-state index contributed by atoms with van der Waals surface area (Å²) in [6.45, 7) is 0. The molecule has 8 heteroatoms. The molecule has 0 bridgehead atoms. The summed E-state index contributed by atoms with van der Waals surface area (Å²) in [5.74, 6) is -0.465. The third-order valence-corrected chi connectivity index (χ3v) is 5.65. The van der Waals surface area contributed by atoms with Gasteiger partial charge in [-0.1, -0.05) is 18.2 Å². The lowest BCUT2D eigenvalue weighted by Gasteiger charge is -2.11. The largest absolute Gasteiger partial charge is 0.416 e. The molecule has 146 valence electrons. The monoisotopic (exact) mass is 413 g/mol. The number of hydrogen-bond donors (Lipinski definition) is 1. The SMILES string of the molecule is Nc1c(C(=O)Cc2ccccc2C(F)(F)F)sc2nc(-c3ccncc3)ccc12. The molecule has 0 saturated carbocycles. The molecule has 0 unspecified atom stereocenters. The minimum Gasteiger partial charge on any atom is -0.397 e. The number of thiophene rings is 1. The minimum atomic E-state index is -4.52. The lowest BCUT2D eigenvalue weighted by atomic mass is 10.0.